The molecule has 0 aromatic heterocycles. The molecule has 0 spiro atoms. The minimum atomic E-state index is -0.736. The molecule has 0 saturated heterocycles. The molecule has 0 heterocycles. The van der Waals surface area contributed by atoms with E-state index in [4.69, 9.17) is 10.2 Å². The predicted octanol–water partition coefficient (Wildman–Crippen LogP) is 5.86. The van der Waals surface area contributed by atoms with Crippen molar-refractivity contribution in [1.29, 1.82) is 0 Å². The number of aliphatic hydroxyl groups is 3. The molecule has 0 atom stereocenters. The van der Waals surface area contributed by atoms with Crippen molar-refractivity contribution in [3.05, 3.63) is 107 Å². The minimum absolute atomic E-state index is 0.165. The third-order valence-electron chi connectivity index (χ3n) is 6.56. The zero-order chi connectivity index (χ0) is 23.4. The molecule has 3 rings (SSSR count). The quantitative estimate of drug-likeness (QED) is 0.215. The summed E-state index contributed by atoms with van der Waals surface area (Å²) in [5.41, 5.74) is 4.30. The number of unbranched alkanes of at least 4 members (excludes halogenated alkanes) is 2. The minimum Gasteiger partial charge on any atom is -0.396 e. The first-order valence-corrected chi connectivity index (χ1v) is 12.3. The molecule has 0 saturated carbocycles. The summed E-state index contributed by atoms with van der Waals surface area (Å²) in [6.07, 6.45) is 5.99. The Morgan fingerprint density at radius 3 is 1.45 bits per heavy atom. The first-order chi connectivity index (χ1) is 16.1. The molecule has 3 aromatic rings. The van der Waals surface area contributed by atoms with E-state index in [-0.39, 0.29) is 19.1 Å². The molecule has 0 amide bonds. The molecular formula is C30H38O3. The van der Waals surface area contributed by atoms with E-state index in [2.05, 4.69) is 84.9 Å². The van der Waals surface area contributed by atoms with E-state index in [0.29, 0.717) is 19.3 Å². The maximum Gasteiger partial charge on any atom is 0.0651 e. The highest BCUT2D eigenvalue weighted by Crippen LogP contribution is 2.32. The van der Waals surface area contributed by atoms with Crippen LogP contribution >= 0.6 is 0 Å². The Morgan fingerprint density at radius 1 is 0.545 bits per heavy atom. The van der Waals surface area contributed by atoms with Crippen LogP contribution in [0.1, 0.15) is 73.1 Å². The number of hydrogen-bond acceptors (Lipinski definition) is 3. The van der Waals surface area contributed by atoms with Gasteiger partial charge in [-0.25, -0.2) is 0 Å². The van der Waals surface area contributed by atoms with Crippen LogP contribution in [0.15, 0.2) is 84.9 Å². The number of benzene rings is 3. The fourth-order valence-electron chi connectivity index (χ4n) is 4.63. The first-order valence-electron chi connectivity index (χ1n) is 12.3. The summed E-state index contributed by atoms with van der Waals surface area (Å²) < 4.78 is 0. The highest BCUT2D eigenvalue weighted by molar-refractivity contribution is 5.43. The summed E-state index contributed by atoms with van der Waals surface area (Å²) in [5.74, 6) is 0.190. The number of rotatable bonds is 14. The van der Waals surface area contributed by atoms with Crippen LogP contribution in [0.4, 0.5) is 0 Å². The van der Waals surface area contributed by atoms with Crippen LogP contribution in [-0.2, 0) is 6.42 Å². The van der Waals surface area contributed by atoms with Crippen molar-refractivity contribution < 1.29 is 15.3 Å². The topological polar surface area (TPSA) is 60.7 Å². The molecule has 0 aliphatic heterocycles. The van der Waals surface area contributed by atoms with Crippen molar-refractivity contribution in [2.75, 3.05) is 13.2 Å². The van der Waals surface area contributed by atoms with Gasteiger partial charge in [0.2, 0.25) is 0 Å². The van der Waals surface area contributed by atoms with Gasteiger partial charge in [-0.05, 0) is 73.6 Å². The summed E-state index contributed by atoms with van der Waals surface area (Å²) in [6, 6.07) is 30.0. The lowest BCUT2D eigenvalue weighted by atomic mass is 9.83. The van der Waals surface area contributed by atoms with Crippen LogP contribution in [-0.4, -0.2) is 34.1 Å². The van der Waals surface area contributed by atoms with Crippen molar-refractivity contribution in [1.82, 2.24) is 0 Å². The molecule has 3 nitrogen and oxygen atoms in total. The zero-order valence-corrected chi connectivity index (χ0v) is 19.6. The van der Waals surface area contributed by atoms with E-state index >= 15 is 0 Å². The summed E-state index contributed by atoms with van der Waals surface area (Å²) in [6.45, 7) is 0.330. The molecule has 0 aliphatic carbocycles. The molecule has 3 heteroatoms. The van der Waals surface area contributed by atoms with Crippen LogP contribution in [0.2, 0.25) is 0 Å². The Balaban J connectivity index is 1.72. The van der Waals surface area contributed by atoms with E-state index in [9.17, 15) is 5.11 Å². The number of aryl methyl sites for hydroxylation is 1. The van der Waals surface area contributed by atoms with Crippen LogP contribution in [0, 0.1) is 0 Å². The lowest BCUT2D eigenvalue weighted by Crippen LogP contribution is -2.29. The molecule has 0 aliphatic rings. The number of hydrogen-bond donors (Lipinski definition) is 3. The van der Waals surface area contributed by atoms with Crippen molar-refractivity contribution in [2.45, 2.75) is 62.9 Å². The maximum absolute atomic E-state index is 11.2. The lowest BCUT2D eigenvalue weighted by molar-refractivity contribution is 0.00818. The van der Waals surface area contributed by atoms with Gasteiger partial charge in [-0.2, -0.15) is 0 Å². The predicted molar refractivity (Wildman–Crippen MR) is 135 cm³/mol. The Labute approximate surface area is 198 Å². The van der Waals surface area contributed by atoms with Gasteiger partial charge < -0.3 is 15.3 Å². The van der Waals surface area contributed by atoms with Gasteiger partial charge in [-0.1, -0.05) is 84.9 Å². The Kier molecular flexibility index (Phi) is 10.1. The zero-order valence-electron chi connectivity index (χ0n) is 19.6. The van der Waals surface area contributed by atoms with E-state index in [1.54, 1.807) is 0 Å². The summed E-state index contributed by atoms with van der Waals surface area (Å²) in [4.78, 5) is 0. The Bertz CT molecular complexity index is 857. The molecule has 0 fully saturated rings. The summed E-state index contributed by atoms with van der Waals surface area (Å²) in [5, 5.41) is 29.4. The second kappa shape index (κ2) is 13.3. The summed E-state index contributed by atoms with van der Waals surface area (Å²) in [7, 11) is 0. The van der Waals surface area contributed by atoms with E-state index in [1.807, 2.05) is 0 Å². The SMILES string of the molecule is OCCCCC(O)(CCCCO)CCc1ccc(C(c2ccccc2)c2ccccc2)cc1. The third-order valence-corrected chi connectivity index (χ3v) is 6.56. The second-order valence-corrected chi connectivity index (χ2v) is 9.08. The van der Waals surface area contributed by atoms with E-state index in [1.165, 1.54) is 22.3 Å². The van der Waals surface area contributed by atoms with Gasteiger partial charge in [0.05, 0.1) is 5.60 Å². The van der Waals surface area contributed by atoms with Crippen LogP contribution in [0.3, 0.4) is 0 Å². The molecule has 0 unspecified atom stereocenters. The average molecular weight is 447 g/mol. The lowest BCUT2D eigenvalue weighted by Gasteiger charge is -2.28. The molecule has 176 valence electrons. The first kappa shape index (κ1) is 25.2. The standard InChI is InChI=1S/C30H38O3/c31-23-9-7-20-30(33,21-8-10-24-32)22-19-25-15-17-28(18-16-25)29(26-11-3-1-4-12-26)27-13-5-2-6-14-27/h1-6,11-18,29,31-33H,7-10,19-24H2. The molecule has 0 bridgehead atoms. The van der Waals surface area contributed by atoms with Crippen molar-refractivity contribution >= 4 is 0 Å². The van der Waals surface area contributed by atoms with Crippen molar-refractivity contribution in [3.8, 4) is 0 Å². The molecule has 33 heavy (non-hydrogen) atoms. The normalized spacial score (nSPS) is 11.8. The molecule has 3 aromatic carbocycles. The highest BCUT2D eigenvalue weighted by atomic mass is 16.3. The molecular weight excluding hydrogens is 408 g/mol. The van der Waals surface area contributed by atoms with Crippen molar-refractivity contribution in [2.24, 2.45) is 0 Å². The monoisotopic (exact) mass is 446 g/mol. The Morgan fingerprint density at radius 2 is 1.00 bits per heavy atom. The summed E-state index contributed by atoms with van der Waals surface area (Å²) >= 11 is 0. The van der Waals surface area contributed by atoms with Gasteiger partial charge in [0.15, 0.2) is 0 Å². The molecule has 0 radical (unpaired) electrons. The fraction of sp³-hybridized carbons (Fsp3) is 0.400. The van der Waals surface area contributed by atoms with Gasteiger partial charge in [0, 0.05) is 19.1 Å². The third kappa shape index (κ3) is 7.82. The van der Waals surface area contributed by atoms with Crippen LogP contribution in [0.5, 0.6) is 0 Å². The van der Waals surface area contributed by atoms with Gasteiger partial charge in [-0.15, -0.1) is 0 Å². The van der Waals surface area contributed by atoms with Crippen molar-refractivity contribution in [3.63, 3.8) is 0 Å². The van der Waals surface area contributed by atoms with Gasteiger partial charge in [0.1, 0.15) is 0 Å². The molecule has 3 N–H and O–H groups in total. The van der Waals surface area contributed by atoms with Gasteiger partial charge in [0.25, 0.3) is 0 Å². The average Bonchev–Trinajstić information content (AvgIpc) is 2.86. The van der Waals surface area contributed by atoms with Crippen LogP contribution < -0.4 is 0 Å². The second-order valence-electron chi connectivity index (χ2n) is 9.08. The van der Waals surface area contributed by atoms with Gasteiger partial charge in [-0.3, -0.25) is 0 Å². The smallest absolute Gasteiger partial charge is 0.0651 e. The van der Waals surface area contributed by atoms with Gasteiger partial charge >= 0.3 is 0 Å². The van der Waals surface area contributed by atoms with Crippen LogP contribution in [0.25, 0.3) is 0 Å². The maximum atomic E-state index is 11.2. The fourth-order valence-corrected chi connectivity index (χ4v) is 4.63. The largest absolute Gasteiger partial charge is 0.396 e. The van der Waals surface area contributed by atoms with E-state index in [0.717, 1.165) is 32.1 Å². The Hall–Kier alpha value is -2.46. The highest BCUT2D eigenvalue weighted by Gasteiger charge is 2.25. The van der Waals surface area contributed by atoms with E-state index < -0.39 is 5.60 Å². The number of aliphatic hydroxyl groups excluding tert-OH is 2.